The molecule has 0 aliphatic carbocycles. The fraction of sp³-hybridized carbons (Fsp3) is 0.382. The molecule has 0 bridgehead atoms. The van der Waals surface area contributed by atoms with E-state index in [0.717, 1.165) is 29.8 Å². The van der Waals surface area contributed by atoms with Gasteiger partial charge in [0.2, 0.25) is 5.91 Å². The van der Waals surface area contributed by atoms with E-state index in [1.807, 2.05) is 47.4 Å². The van der Waals surface area contributed by atoms with Crippen molar-refractivity contribution in [2.45, 2.75) is 6.04 Å². The van der Waals surface area contributed by atoms with Crippen molar-refractivity contribution in [3.05, 3.63) is 81.8 Å². The number of morpholine rings is 2. The predicted molar refractivity (Wildman–Crippen MR) is 176 cm³/mol. The molecule has 0 N–H and O–H groups in total. The number of carbonyl (C=O) groups excluding carboxylic acids is 3. The van der Waals surface area contributed by atoms with Gasteiger partial charge in [0.15, 0.2) is 6.61 Å². The lowest BCUT2D eigenvalue weighted by Gasteiger charge is -2.37. The molecule has 46 heavy (non-hydrogen) atoms. The Hall–Kier alpha value is -3.67. The number of likely N-dealkylation sites (N-methyl/N-ethyl adjacent to an activating group) is 1. The lowest BCUT2D eigenvalue weighted by atomic mass is 9.97. The van der Waals surface area contributed by atoms with Crippen LogP contribution in [0.1, 0.15) is 22.0 Å². The lowest BCUT2D eigenvalue weighted by Crippen LogP contribution is -2.48. The largest absolute Gasteiger partial charge is 0.482 e. The number of amides is 3. The van der Waals surface area contributed by atoms with E-state index in [9.17, 15) is 14.4 Å². The SMILES string of the molecule is CN(C(=O)CN1C(=O)COc2cc(Cl)c(Cl)cc21)C(CN1CCOCC1)c1cccc(-c2ccc(C(=O)N3CCOCC3)cc2)c1. The van der Waals surface area contributed by atoms with E-state index in [-0.39, 0.29) is 41.9 Å². The van der Waals surface area contributed by atoms with Gasteiger partial charge in [-0.3, -0.25) is 24.2 Å². The fourth-order valence-electron chi connectivity index (χ4n) is 5.95. The molecular weight excluding hydrogens is 631 g/mol. The van der Waals surface area contributed by atoms with Crippen LogP contribution in [0, 0.1) is 0 Å². The molecule has 3 heterocycles. The van der Waals surface area contributed by atoms with Crippen molar-refractivity contribution >= 4 is 46.6 Å². The minimum Gasteiger partial charge on any atom is -0.482 e. The van der Waals surface area contributed by atoms with E-state index in [1.165, 1.54) is 4.90 Å². The van der Waals surface area contributed by atoms with Crippen LogP contribution in [0.15, 0.2) is 60.7 Å². The first-order valence-corrected chi connectivity index (χ1v) is 16.1. The second kappa shape index (κ2) is 14.4. The van der Waals surface area contributed by atoms with Gasteiger partial charge >= 0.3 is 0 Å². The molecular formula is C34H36Cl2N4O6. The third kappa shape index (κ3) is 7.16. The summed E-state index contributed by atoms with van der Waals surface area (Å²) in [6.45, 7) is 5.27. The number of fused-ring (bicyclic) bond motifs is 1. The Balaban J connectivity index is 1.24. The van der Waals surface area contributed by atoms with Gasteiger partial charge in [-0.2, -0.15) is 0 Å². The van der Waals surface area contributed by atoms with E-state index in [0.29, 0.717) is 68.1 Å². The maximum absolute atomic E-state index is 13.9. The average Bonchev–Trinajstić information content (AvgIpc) is 3.09. The second-order valence-corrected chi connectivity index (χ2v) is 12.4. The number of carbonyl (C=O) groups is 3. The predicted octanol–water partition coefficient (Wildman–Crippen LogP) is 4.39. The van der Waals surface area contributed by atoms with E-state index < -0.39 is 0 Å². The minimum absolute atomic E-state index is 0.000977. The van der Waals surface area contributed by atoms with Crippen LogP contribution in [0.4, 0.5) is 5.69 Å². The number of nitrogens with zero attached hydrogens (tertiary/aromatic N) is 4. The Morgan fingerprint density at radius 1 is 0.870 bits per heavy atom. The highest BCUT2D eigenvalue weighted by Crippen LogP contribution is 2.39. The van der Waals surface area contributed by atoms with Gasteiger partial charge < -0.3 is 24.0 Å². The summed E-state index contributed by atoms with van der Waals surface area (Å²) in [6.07, 6.45) is 0. The summed E-state index contributed by atoms with van der Waals surface area (Å²) in [4.78, 5) is 47.0. The Labute approximate surface area is 278 Å². The summed E-state index contributed by atoms with van der Waals surface area (Å²) in [7, 11) is 1.77. The first-order valence-electron chi connectivity index (χ1n) is 15.3. The smallest absolute Gasteiger partial charge is 0.265 e. The standard InChI is InChI=1S/C34H36Cl2N4O6/c1-37(32(41)21-40-29-18-27(35)28(36)19-31(29)46-22-33(40)42)30(20-38-9-13-44-14-10-38)26-4-2-3-25(17-26)23-5-7-24(8-6-23)34(43)39-11-15-45-16-12-39/h2-8,17-19,30H,9-16,20-22H2,1H3. The van der Waals surface area contributed by atoms with Crippen molar-refractivity contribution in [3.63, 3.8) is 0 Å². The normalized spacial score (nSPS) is 17.7. The summed E-state index contributed by atoms with van der Waals surface area (Å²) in [5.41, 5.74) is 3.94. The molecule has 3 aliphatic heterocycles. The van der Waals surface area contributed by atoms with Crippen molar-refractivity contribution in [2.75, 3.05) is 84.3 Å². The lowest BCUT2D eigenvalue weighted by molar-refractivity contribution is -0.133. The fourth-order valence-corrected chi connectivity index (χ4v) is 6.26. The summed E-state index contributed by atoms with van der Waals surface area (Å²) in [5, 5.41) is 0.576. The number of anilines is 1. The molecule has 3 amide bonds. The van der Waals surface area contributed by atoms with E-state index >= 15 is 0 Å². The van der Waals surface area contributed by atoms with Crippen LogP contribution in [0.2, 0.25) is 10.0 Å². The molecule has 6 rings (SSSR count). The Bertz CT molecular complexity index is 1590. The molecule has 2 saturated heterocycles. The maximum Gasteiger partial charge on any atom is 0.265 e. The summed E-state index contributed by atoms with van der Waals surface area (Å²) >= 11 is 12.4. The van der Waals surface area contributed by atoms with Gasteiger partial charge in [-0.1, -0.05) is 53.5 Å². The van der Waals surface area contributed by atoms with Gasteiger partial charge in [0.25, 0.3) is 11.8 Å². The maximum atomic E-state index is 13.9. The molecule has 0 radical (unpaired) electrons. The highest BCUT2D eigenvalue weighted by molar-refractivity contribution is 6.42. The van der Waals surface area contributed by atoms with Gasteiger partial charge in [0.05, 0.1) is 48.2 Å². The third-order valence-corrected chi connectivity index (χ3v) is 9.39. The number of rotatable bonds is 8. The van der Waals surface area contributed by atoms with Crippen LogP contribution in [-0.4, -0.2) is 112 Å². The van der Waals surface area contributed by atoms with Gasteiger partial charge in [-0.15, -0.1) is 0 Å². The van der Waals surface area contributed by atoms with E-state index in [2.05, 4.69) is 11.0 Å². The van der Waals surface area contributed by atoms with Crippen LogP contribution in [0.5, 0.6) is 5.75 Å². The van der Waals surface area contributed by atoms with Gasteiger partial charge in [-0.05, 0) is 41.0 Å². The first-order chi connectivity index (χ1) is 22.3. The van der Waals surface area contributed by atoms with Crippen LogP contribution in [0.3, 0.4) is 0 Å². The van der Waals surface area contributed by atoms with Crippen molar-refractivity contribution in [3.8, 4) is 16.9 Å². The van der Waals surface area contributed by atoms with Crippen LogP contribution in [0.25, 0.3) is 11.1 Å². The molecule has 242 valence electrons. The molecule has 1 atom stereocenters. The zero-order chi connectivity index (χ0) is 32.2. The quantitative estimate of drug-likeness (QED) is 0.352. The molecule has 3 aromatic rings. The number of benzene rings is 3. The van der Waals surface area contributed by atoms with Gasteiger partial charge in [0.1, 0.15) is 12.3 Å². The Morgan fingerprint density at radius 3 is 2.26 bits per heavy atom. The number of ether oxygens (including phenoxy) is 3. The van der Waals surface area contributed by atoms with Crippen molar-refractivity contribution < 1.29 is 28.6 Å². The summed E-state index contributed by atoms with van der Waals surface area (Å²) < 4.78 is 16.5. The molecule has 3 aliphatic rings. The first kappa shape index (κ1) is 32.3. The summed E-state index contributed by atoms with van der Waals surface area (Å²) in [6, 6.07) is 18.5. The molecule has 10 nitrogen and oxygen atoms in total. The number of halogens is 2. The van der Waals surface area contributed by atoms with E-state index in [4.69, 9.17) is 37.4 Å². The van der Waals surface area contributed by atoms with Crippen LogP contribution in [-0.2, 0) is 19.1 Å². The van der Waals surface area contributed by atoms with Gasteiger partial charge in [0, 0.05) is 51.4 Å². The molecule has 0 aromatic heterocycles. The molecule has 0 spiro atoms. The van der Waals surface area contributed by atoms with Crippen LogP contribution < -0.4 is 9.64 Å². The van der Waals surface area contributed by atoms with Crippen LogP contribution >= 0.6 is 23.2 Å². The zero-order valence-corrected chi connectivity index (χ0v) is 27.1. The topological polar surface area (TPSA) is 91.9 Å². The Morgan fingerprint density at radius 2 is 1.54 bits per heavy atom. The molecule has 12 heteroatoms. The summed E-state index contributed by atoms with van der Waals surface area (Å²) in [5.74, 6) is -0.169. The molecule has 3 aromatic carbocycles. The number of hydrogen-bond donors (Lipinski definition) is 0. The monoisotopic (exact) mass is 666 g/mol. The van der Waals surface area contributed by atoms with Crippen molar-refractivity contribution in [1.29, 1.82) is 0 Å². The highest BCUT2D eigenvalue weighted by atomic mass is 35.5. The highest BCUT2D eigenvalue weighted by Gasteiger charge is 2.32. The van der Waals surface area contributed by atoms with Gasteiger partial charge in [-0.25, -0.2) is 0 Å². The minimum atomic E-state index is -0.338. The molecule has 0 saturated carbocycles. The Kier molecular flexibility index (Phi) is 10.1. The van der Waals surface area contributed by atoms with Crippen molar-refractivity contribution in [1.82, 2.24) is 14.7 Å². The van der Waals surface area contributed by atoms with E-state index in [1.54, 1.807) is 24.1 Å². The molecule has 2 fully saturated rings. The number of hydrogen-bond acceptors (Lipinski definition) is 7. The third-order valence-electron chi connectivity index (χ3n) is 8.67. The molecule has 1 unspecified atom stereocenters. The van der Waals surface area contributed by atoms with Crippen molar-refractivity contribution in [2.24, 2.45) is 0 Å². The average molecular weight is 668 g/mol. The second-order valence-electron chi connectivity index (χ2n) is 11.5. The zero-order valence-electron chi connectivity index (χ0n) is 25.6.